The molecular formula is C44H46N4O9Si. The van der Waals surface area contributed by atoms with E-state index in [9.17, 15) is 24.3 Å². The van der Waals surface area contributed by atoms with Gasteiger partial charge in [-0.1, -0.05) is 43.3 Å². The summed E-state index contributed by atoms with van der Waals surface area (Å²) in [5, 5.41) is 10.0. The smallest absolute Gasteiger partial charge is 0.269 e. The largest absolute Gasteiger partial charge is 0.482 e. The minimum Gasteiger partial charge on any atom is -0.482 e. The van der Waals surface area contributed by atoms with Crippen LogP contribution >= 0.6 is 0 Å². The van der Waals surface area contributed by atoms with E-state index in [-0.39, 0.29) is 62.5 Å². The van der Waals surface area contributed by atoms with Crippen molar-refractivity contribution in [3.05, 3.63) is 102 Å². The highest BCUT2D eigenvalue weighted by Gasteiger charge is 2.66. The van der Waals surface area contributed by atoms with E-state index in [4.69, 9.17) is 14.2 Å². The van der Waals surface area contributed by atoms with Crippen molar-refractivity contribution in [1.82, 2.24) is 4.90 Å². The highest BCUT2D eigenvalue weighted by molar-refractivity contribution is 6.71. The van der Waals surface area contributed by atoms with Crippen molar-refractivity contribution in [2.75, 3.05) is 41.1 Å². The molecule has 13 nitrogen and oxygen atoms in total. The van der Waals surface area contributed by atoms with Crippen LogP contribution in [0.2, 0.25) is 18.6 Å². The molecule has 5 atom stereocenters. The van der Waals surface area contributed by atoms with Crippen molar-refractivity contribution in [2.45, 2.75) is 69.1 Å². The summed E-state index contributed by atoms with van der Waals surface area (Å²) in [6, 6.07) is 27.3. The normalized spacial score (nSPS) is 25.2. The van der Waals surface area contributed by atoms with Gasteiger partial charge >= 0.3 is 0 Å². The maximum atomic E-state index is 15.3. The van der Waals surface area contributed by atoms with E-state index in [1.54, 1.807) is 25.7 Å². The number of ether oxygens (including phenoxy) is 3. The molecular weight excluding hydrogens is 757 g/mol. The standard InChI is InChI=1S/C44H46N4O9Si/c1-27-42(58(2,3)54)38(22-39(50)45-20-8-9-31(45)24-49)57-44(27)32-21-30(48-35-11-5-7-13-37(35)56-26-41(48)52)18-19-33(32)46(43(44)53)23-28-14-16-29(17-15-28)47-34-10-4-6-12-36(34)55-25-40(47)51/h4-7,10-19,21,27,31,38,42,49,54H,8-9,20,22-26H2,1-3H3/t27-,31-,38+,42-,44+/m0/s1. The lowest BCUT2D eigenvalue weighted by Gasteiger charge is -2.33. The van der Waals surface area contributed by atoms with Crippen molar-refractivity contribution < 1.29 is 43.3 Å². The third kappa shape index (κ3) is 6.08. The molecule has 2 fully saturated rings. The Balaban J connectivity index is 1.11. The molecule has 0 aliphatic carbocycles. The second kappa shape index (κ2) is 14.4. The number of amides is 4. The van der Waals surface area contributed by atoms with Crippen LogP contribution in [0.15, 0.2) is 91.0 Å². The van der Waals surface area contributed by atoms with Gasteiger partial charge < -0.3 is 33.9 Å². The summed E-state index contributed by atoms with van der Waals surface area (Å²) in [5.74, 6) is -0.360. The first-order valence-electron chi connectivity index (χ1n) is 19.9. The maximum Gasteiger partial charge on any atom is 0.269 e. The van der Waals surface area contributed by atoms with E-state index in [0.717, 1.165) is 12.0 Å². The van der Waals surface area contributed by atoms with Crippen LogP contribution in [0.1, 0.15) is 37.3 Å². The molecule has 2 saturated heterocycles. The zero-order valence-corrected chi connectivity index (χ0v) is 33.7. The summed E-state index contributed by atoms with van der Waals surface area (Å²) in [6.45, 7) is 5.88. The molecule has 4 aromatic carbocycles. The summed E-state index contributed by atoms with van der Waals surface area (Å²) < 4.78 is 18.4. The summed E-state index contributed by atoms with van der Waals surface area (Å²) in [4.78, 5) is 74.4. The zero-order chi connectivity index (χ0) is 40.5. The molecule has 0 unspecified atom stereocenters. The van der Waals surface area contributed by atoms with Gasteiger partial charge in [-0.25, -0.2) is 0 Å². The highest BCUT2D eigenvalue weighted by Crippen LogP contribution is 2.60. The molecule has 300 valence electrons. The topological polar surface area (TPSA) is 149 Å². The zero-order valence-electron chi connectivity index (χ0n) is 32.7. The number of carbonyl (C=O) groups is 4. The van der Waals surface area contributed by atoms with E-state index in [1.165, 1.54) is 0 Å². The van der Waals surface area contributed by atoms with E-state index >= 15 is 4.79 Å². The Kier molecular flexibility index (Phi) is 9.42. The molecule has 0 saturated carbocycles. The fraction of sp³-hybridized carbons (Fsp3) is 0.364. The molecule has 14 heteroatoms. The van der Waals surface area contributed by atoms with Gasteiger partial charge in [0, 0.05) is 34.9 Å². The Morgan fingerprint density at radius 1 is 0.828 bits per heavy atom. The Hall–Kier alpha value is -5.54. The van der Waals surface area contributed by atoms with Gasteiger partial charge in [-0.2, -0.15) is 0 Å². The Morgan fingerprint density at radius 2 is 1.43 bits per heavy atom. The number of aliphatic hydroxyl groups excluding tert-OH is 1. The van der Waals surface area contributed by atoms with Crippen molar-refractivity contribution in [3.8, 4) is 11.5 Å². The lowest BCUT2D eigenvalue weighted by atomic mass is 9.82. The minimum absolute atomic E-state index is 0.0489. The lowest BCUT2D eigenvalue weighted by molar-refractivity contribution is -0.150. The van der Waals surface area contributed by atoms with Gasteiger partial charge in [-0.05, 0) is 86.1 Å². The number of fused-ring (bicyclic) bond motifs is 4. The highest BCUT2D eigenvalue weighted by atomic mass is 28.4. The number of hydrogen-bond acceptors (Lipinski definition) is 9. The van der Waals surface area contributed by atoms with Crippen molar-refractivity contribution in [2.24, 2.45) is 5.92 Å². The number of carbonyl (C=O) groups excluding carboxylic acids is 4. The number of para-hydroxylation sites is 4. The molecule has 0 aromatic heterocycles. The van der Waals surface area contributed by atoms with E-state index in [1.807, 2.05) is 105 Å². The number of nitrogens with zero attached hydrogens (tertiary/aromatic N) is 4. The van der Waals surface area contributed by atoms with Crippen molar-refractivity contribution in [1.29, 1.82) is 0 Å². The first-order valence-corrected chi connectivity index (χ1v) is 22.9. The summed E-state index contributed by atoms with van der Waals surface area (Å²) in [5.41, 5.74) is 2.27. The van der Waals surface area contributed by atoms with Gasteiger partial charge in [0.25, 0.3) is 17.7 Å². The van der Waals surface area contributed by atoms with Crippen LogP contribution in [0.25, 0.3) is 0 Å². The van der Waals surface area contributed by atoms with Crippen molar-refractivity contribution in [3.63, 3.8) is 0 Å². The van der Waals surface area contributed by atoms with Crippen LogP contribution in [0, 0.1) is 5.92 Å². The van der Waals surface area contributed by atoms with Gasteiger partial charge in [0.15, 0.2) is 27.1 Å². The minimum atomic E-state index is -3.12. The lowest BCUT2D eigenvalue weighted by Crippen LogP contribution is -2.46. The molecule has 4 aromatic rings. The van der Waals surface area contributed by atoms with Crippen LogP contribution in [0.3, 0.4) is 0 Å². The monoisotopic (exact) mass is 802 g/mol. The van der Waals surface area contributed by atoms with Gasteiger partial charge in [-0.3, -0.25) is 29.0 Å². The average molecular weight is 803 g/mol. The van der Waals surface area contributed by atoms with Crippen LogP contribution in [0.5, 0.6) is 11.5 Å². The van der Waals surface area contributed by atoms with Crippen LogP contribution in [0.4, 0.5) is 28.4 Å². The number of rotatable bonds is 8. The molecule has 5 aliphatic heterocycles. The average Bonchev–Trinajstić information content (AvgIpc) is 3.88. The second-order valence-electron chi connectivity index (χ2n) is 16.4. The molecule has 1 spiro atoms. The van der Waals surface area contributed by atoms with E-state index in [2.05, 4.69) is 0 Å². The molecule has 5 heterocycles. The molecule has 0 radical (unpaired) electrons. The molecule has 4 amide bonds. The molecule has 9 rings (SSSR count). The molecule has 5 aliphatic rings. The van der Waals surface area contributed by atoms with Gasteiger partial charge in [0.2, 0.25) is 5.91 Å². The SMILES string of the molecule is C[C@H]1[C@H]([Si](C)(C)O)[C@@H](CC(=O)N2CCC[C@H]2CO)O[C@]12C(=O)N(Cc1ccc(N3C(=O)COc4ccccc43)cc1)c1ccc(N3C(=O)COc4ccccc43)cc12. The third-order valence-electron chi connectivity index (χ3n) is 12.5. The first-order chi connectivity index (χ1) is 27.9. The predicted molar refractivity (Wildman–Crippen MR) is 218 cm³/mol. The first kappa shape index (κ1) is 38.0. The predicted octanol–water partition coefficient (Wildman–Crippen LogP) is 5.52. The summed E-state index contributed by atoms with van der Waals surface area (Å²) >= 11 is 0. The summed E-state index contributed by atoms with van der Waals surface area (Å²) in [7, 11) is -3.12. The fourth-order valence-electron chi connectivity index (χ4n) is 9.91. The quantitative estimate of drug-likeness (QED) is 0.220. The fourth-order valence-corrected chi connectivity index (χ4v) is 12.5. The molecule has 2 N–H and O–H groups in total. The van der Waals surface area contributed by atoms with Crippen molar-refractivity contribution >= 4 is 60.4 Å². The Morgan fingerprint density at radius 3 is 2.05 bits per heavy atom. The van der Waals surface area contributed by atoms with E-state index < -0.39 is 31.5 Å². The van der Waals surface area contributed by atoms with Gasteiger partial charge in [-0.15, -0.1) is 0 Å². The number of likely N-dealkylation sites (tertiary alicyclic amines) is 1. The third-order valence-corrected chi connectivity index (χ3v) is 15.0. The van der Waals surface area contributed by atoms with Gasteiger partial charge in [0.1, 0.15) is 11.5 Å². The molecule has 58 heavy (non-hydrogen) atoms. The maximum absolute atomic E-state index is 15.3. The van der Waals surface area contributed by atoms with Crippen LogP contribution in [-0.2, 0) is 36.1 Å². The van der Waals surface area contributed by atoms with E-state index in [0.29, 0.717) is 58.5 Å². The van der Waals surface area contributed by atoms with Gasteiger partial charge in [0.05, 0.1) is 48.8 Å². The number of aliphatic hydroxyl groups is 1. The number of hydrogen-bond donors (Lipinski definition) is 2. The Bertz CT molecular complexity index is 2310. The number of anilines is 5. The van der Waals surface area contributed by atoms with Crippen LogP contribution in [-0.4, -0.2) is 85.3 Å². The Labute approximate surface area is 337 Å². The second-order valence-corrected chi connectivity index (χ2v) is 20.3. The summed E-state index contributed by atoms with van der Waals surface area (Å²) in [6.07, 6.45) is 0.666. The molecule has 0 bridgehead atoms. The number of benzene rings is 4. The van der Waals surface area contributed by atoms with Crippen LogP contribution < -0.4 is 24.2 Å².